The van der Waals surface area contributed by atoms with Gasteiger partial charge in [0.25, 0.3) is 0 Å². The Hall–Kier alpha value is -1.26. The molecule has 0 heterocycles. The SMILES string of the molecule is O=C(NCCC1CCC1)NCC1(C(=O)O)CCCCCC1. The first kappa shape index (κ1) is 16.1. The lowest BCUT2D eigenvalue weighted by molar-refractivity contribution is -0.149. The van der Waals surface area contributed by atoms with Crippen LogP contribution in [0.25, 0.3) is 0 Å². The summed E-state index contributed by atoms with van der Waals surface area (Å²) in [5, 5.41) is 15.2. The Morgan fingerprint density at radius 2 is 1.67 bits per heavy atom. The average Bonchev–Trinajstić information content (AvgIpc) is 2.66. The minimum atomic E-state index is -0.765. The highest BCUT2D eigenvalue weighted by Crippen LogP contribution is 2.34. The van der Waals surface area contributed by atoms with Crippen molar-refractivity contribution in [3.63, 3.8) is 0 Å². The molecule has 0 bridgehead atoms. The van der Waals surface area contributed by atoms with Gasteiger partial charge < -0.3 is 15.7 Å². The van der Waals surface area contributed by atoms with Crippen LogP contribution in [0, 0.1) is 11.3 Å². The smallest absolute Gasteiger partial charge is 0.314 e. The van der Waals surface area contributed by atoms with E-state index in [4.69, 9.17) is 0 Å². The molecule has 0 spiro atoms. The summed E-state index contributed by atoms with van der Waals surface area (Å²) in [5.74, 6) is 0.0108. The Bertz CT molecular complexity index is 359. The summed E-state index contributed by atoms with van der Waals surface area (Å²) >= 11 is 0. The molecule has 2 fully saturated rings. The molecule has 2 aliphatic rings. The Labute approximate surface area is 126 Å². The zero-order valence-corrected chi connectivity index (χ0v) is 12.8. The molecule has 120 valence electrons. The number of rotatable bonds is 6. The highest BCUT2D eigenvalue weighted by atomic mass is 16.4. The molecule has 0 saturated heterocycles. The first-order valence-corrected chi connectivity index (χ1v) is 8.37. The third kappa shape index (κ3) is 4.61. The van der Waals surface area contributed by atoms with Gasteiger partial charge in [-0.05, 0) is 25.2 Å². The second-order valence-electron chi connectivity index (χ2n) is 6.69. The summed E-state index contributed by atoms with van der Waals surface area (Å²) in [4.78, 5) is 23.4. The number of carbonyl (C=O) groups excluding carboxylic acids is 1. The minimum absolute atomic E-state index is 0.223. The Morgan fingerprint density at radius 1 is 1.00 bits per heavy atom. The fourth-order valence-electron chi connectivity index (χ4n) is 3.35. The predicted octanol–water partition coefficient (Wildman–Crippen LogP) is 2.90. The van der Waals surface area contributed by atoms with Crippen molar-refractivity contribution in [3.05, 3.63) is 0 Å². The molecule has 21 heavy (non-hydrogen) atoms. The van der Waals surface area contributed by atoms with E-state index in [0.29, 0.717) is 19.4 Å². The summed E-state index contributed by atoms with van der Waals surface area (Å²) in [7, 11) is 0. The maximum atomic E-state index is 11.8. The lowest BCUT2D eigenvalue weighted by Crippen LogP contribution is -2.46. The van der Waals surface area contributed by atoms with E-state index >= 15 is 0 Å². The maximum Gasteiger partial charge on any atom is 0.314 e. The van der Waals surface area contributed by atoms with E-state index in [1.54, 1.807) is 0 Å². The van der Waals surface area contributed by atoms with Gasteiger partial charge in [-0.15, -0.1) is 0 Å². The van der Waals surface area contributed by atoms with Gasteiger partial charge in [-0.2, -0.15) is 0 Å². The molecular weight excluding hydrogens is 268 g/mol. The lowest BCUT2D eigenvalue weighted by atomic mass is 9.80. The first-order valence-electron chi connectivity index (χ1n) is 8.37. The van der Waals surface area contributed by atoms with Gasteiger partial charge in [0.05, 0.1) is 5.41 Å². The minimum Gasteiger partial charge on any atom is -0.481 e. The fraction of sp³-hybridized carbons (Fsp3) is 0.875. The number of nitrogens with one attached hydrogen (secondary N) is 2. The van der Waals surface area contributed by atoms with E-state index in [2.05, 4.69) is 10.6 Å². The van der Waals surface area contributed by atoms with Gasteiger partial charge in [-0.3, -0.25) is 4.79 Å². The van der Waals surface area contributed by atoms with Gasteiger partial charge in [0.2, 0.25) is 0 Å². The van der Waals surface area contributed by atoms with Crippen LogP contribution in [0.4, 0.5) is 4.79 Å². The topological polar surface area (TPSA) is 78.4 Å². The molecule has 0 aromatic rings. The Balaban J connectivity index is 1.72. The summed E-state index contributed by atoms with van der Waals surface area (Å²) in [6.07, 6.45) is 10.3. The van der Waals surface area contributed by atoms with Gasteiger partial charge in [0.15, 0.2) is 0 Å². The molecule has 5 nitrogen and oxygen atoms in total. The van der Waals surface area contributed by atoms with E-state index < -0.39 is 11.4 Å². The number of carboxylic acid groups (broad SMARTS) is 1. The Kier molecular flexibility index (Phi) is 5.88. The third-order valence-corrected chi connectivity index (χ3v) is 5.16. The zero-order chi connectivity index (χ0) is 15.1. The normalized spacial score (nSPS) is 21.9. The molecule has 0 aliphatic heterocycles. The van der Waals surface area contributed by atoms with E-state index in [1.165, 1.54) is 19.3 Å². The highest BCUT2D eigenvalue weighted by molar-refractivity contribution is 5.78. The standard InChI is InChI=1S/C16H28N2O3/c19-14(20)16(9-3-1-2-4-10-16)12-18-15(21)17-11-8-13-6-5-7-13/h13H,1-12H2,(H,19,20)(H2,17,18,21). The molecule has 2 rings (SSSR count). The molecule has 0 aromatic heterocycles. The summed E-state index contributed by atoms with van der Waals surface area (Å²) < 4.78 is 0. The molecule has 0 atom stereocenters. The number of amides is 2. The number of carbonyl (C=O) groups is 2. The predicted molar refractivity (Wildman–Crippen MR) is 81.1 cm³/mol. The van der Waals surface area contributed by atoms with Gasteiger partial charge in [0.1, 0.15) is 0 Å². The molecular formula is C16H28N2O3. The van der Waals surface area contributed by atoms with Crippen LogP contribution in [0.15, 0.2) is 0 Å². The largest absolute Gasteiger partial charge is 0.481 e. The van der Waals surface area contributed by atoms with Crippen LogP contribution in [0.1, 0.15) is 64.2 Å². The van der Waals surface area contributed by atoms with Crippen molar-refractivity contribution in [2.24, 2.45) is 11.3 Å². The number of aliphatic carboxylic acids is 1. The summed E-state index contributed by atoms with van der Waals surface area (Å²) in [5.41, 5.74) is -0.762. The fourth-order valence-corrected chi connectivity index (χ4v) is 3.35. The quantitative estimate of drug-likeness (QED) is 0.659. The highest BCUT2D eigenvalue weighted by Gasteiger charge is 2.38. The number of carboxylic acids is 1. The van der Waals surface area contributed by atoms with Crippen molar-refractivity contribution < 1.29 is 14.7 Å². The molecule has 2 saturated carbocycles. The first-order chi connectivity index (χ1) is 10.1. The zero-order valence-electron chi connectivity index (χ0n) is 12.8. The number of urea groups is 1. The molecule has 2 amide bonds. The lowest BCUT2D eigenvalue weighted by Gasteiger charge is -2.28. The van der Waals surface area contributed by atoms with E-state index in [9.17, 15) is 14.7 Å². The third-order valence-electron chi connectivity index (χ3n) is 5.16. The van der Waals surface area contributed by atoms with Gasteiger partial charge in [-0.1, -0.05) is 44.9 Å². The molecule has 0 radical (unpaired) electrons. The van der Waals surface area contributed by atoms with Gasteiger partial charge >= 0.3 is 12.0 Å². The molecule has 5 heteroatoms. The van der Waals surface area contributed by atoms with Crippen LogP contribution >= 0.6 is 0 Å². The van der Waals surface area contributed by atoms with Crippen LogP contribution < -0.4 is 10.6 Å². The van der Waals surface area contributed by atoms with E-state index in [1.807, 2.05) is 0 Å². The molecule has 0 aromatic carbocycles. The van der Waals surface area contributed by atoms with Crippen LogP contribution in [-0.4, -0.2) is 30.2 Å². The number of hydrogen-bond donors (Lipinski definition) is 3. The number of hydrogen-bond acceptors (Lipinski definition) is 2. The van der Waals surface area contributed by atoms with Crippen molar-refractivity contribution in [2.45, 2.75) is 64.2 Å². The maximum absolute atomic E-state index is 11.8. The van der Waals surface area contributed by atoms with Crippen LogP contribution in [0.5, 0.6) is 0 Å². The second kappa shape index (κ2) is 7.66. The van der Waals surface area contributed by atoms with Gasteiger partial charge in [-0.25, -0.2) is 4.79 Å². The monoisotopic (exact) mass is 296 g/mol. The van der Waals surface area contributed by atoms with Crippen molar-refractivity contribution >= 4 is 12.0 Å². The average molecular weight is 296 g/mol. The van der Waals surface area contributed by atoms with E-state index in [-0.39, 0.29) is 12.6 Å². The van der Waals surface area contributed by atoms with Crippen LogP contribution in [0.3, 0.4) is 0 Å². The van der Waals surface area contributed by atoms with Crippen molar-refractivity contribution in [1.29, 1.82) is 0 Å². The van der Waals surface area contributed by atoms with Crippen molar-refractivity contribution in [2.75, 3.05) is 13.1 Å². The van der Waals surface area contributed by atoms with Crippen LogP contribution in [-0.2, 0) is 4.79 Å². The van der Waals surface area contributed by atoms with Crippen molar-refractivity contribution in [1.82, 2.24) is 10.6 Å². The van der Waals surface area contributed by atoms with Crippen molar-refractivity contribution in [3.8, 4) is 0 Å². The second-order valence-corrected chi connectivity index (χ2v) is 6.69. The van der Waals surface area contributed by atoms with E-state index in [0.717, 1.165) is 38.0 Å². The molecule has 3 N–H and O–H groups in total. The summed E-state index contributed by atoms with van der Waals surface area (Å²) in [6, 6.07) is -0.223. The Morgan fingerprint density at radius 3 is 2.19 bits per heavy atom. The molecule has 0 unspecified atom stereocenters. The summed E-state index contributed by atoms with van der Waals surface area (Å²) in [6.45, 7) is 0.939. The molecule has 2 aliphatic carbocycles. The van der Waals surface area contributed by atoms with Crippen LogP contribution in [0.2, 0.25) is 0 Å². The van der Waals surface area contributed by atoms with Gasteiger partial charge in [0, 0.05) is 13.1 Å².